The zero-order chi connectivity index (χ0) is 8.43. The fourth-order valence-electron chi connectivity index (χ4n) is 0.905. The average molecular weight is 173 g/mol. The molecular weight excluding hydrogens is 162 g/mol. The van der Waals surface area contributed by atoms with Crippen molar-refractivity contribution in [3.63, 3.8) is 0 Å². The topological polar surface area (TPSA) is 37.4 Å². The minimum absolute atomic E-state index is 0.0556. The van der Waals surface area contributed by atoms with Gasteiger partial charge in [-0.05, 0) is 0 Å². The maximum Gasteiger partial charge on any atom is 0.288 e. The number of imide groups is 1. The van der Waals surface area contributed by atoms with Gasteiger partial charge in [-0.25, -0.2) is 0 Å². The third-order valence-corrected chi connectivity index (χ3v) is 2.37. The Hall–Kier alpha value is -0.510. The van der Waals surface area contributed by atoms with Gasteiger partial charge in [0.25, 0.3) is 5.24 Å². The molecule has 4 heteroatoms. The lowest BCUT2D eigenvalue weighted by molar-refractivity contribution is -0.130. The molecule has 1 rings (SSSR count). The van der Waals surface area contributed by atoms with Crippen LogP contribution in [0.4, 0.5) is 4.79 Å². The van der Waals surface area contributed by atoms with Crippen LogP contribution in [0.15, 0.2) is 0 Å². The normalized spacial score (nSPS) is 18.1. The van der Waals surface area contributed by atoms with Crippen LogP contribution in [0.1, 0.15) is 13.8 Å². The molecule has 62 valence electrons. The van der Waals surface area contributed by atoms with E-state index in [1.807, 2.05) is 0 Å². The van der Waals surface area contributed by atoms with E-state index in [0.29, 0.717) is 6.54 Å². The Morgan fingerprint density at radius 3 is 2.64 bits per heavy atom. The number of hydrogen-bond donors (Lipinski definition) is 0. The summed E-state index contributed by atoms with van der Waals surface area (Å²) in [7, 11) is 0. The Labute approximate surface area is 70.1 Å². The molecule has 1 aliphatic rings. The summed E-state index contributed by atoms with van der Waals surface area (Å²) in [5.74, 6) is 0.620. The van der Waals surface area contributed by atoms with Crippen LogP contribution in [0.3, 0.4) is 0 Å². The van der Waals surface area contributed by atoms with E-state index in [-0.39, 0.29) is 17.1 Å². The highest BCUT2D eigenvalue weighted by Gasteiger charge is 2.28. The molecule has 0 spiro atoms. The van der Waals surface area contributed by atoms with Crippen molar-refractivity contribution in [2.24, 2.45) is 5.92 Å². The van der Waals surface area contributed by atoms with E-state index < -0.39 is 0 Å². The summed E-state index contributed by atoms with van der Waals surface area (Å²) in [5.41, 5.74) is 0. The molecule has 11 heavy (non-hydrogen) atoms. The molecule has 2 amide bonds. The number of hydrogen-bond acceptors (Lipinski definition) is 3. The molecule has 0 aromatic rings. The predicted octanol–water partition coefficient (Wildman–Crippen LogP) is 1.34. The highest BCUT2D eigenvalue weighted by atomic mass is 32.2. The van der Waals surface area contributed by atoms with Gasteiger partial charge >= 0.3 is 0 Å². The van der Waals surface area contributed by atoms with E-state index >= 15 is 0 Å². The molecule has 1 saturated heterocycles. The van der Waals surface area contributed by atoms with Crippen molar-refractivity contribution in [1.82, 2.24) is 4.90 Å². The third kappa shape index (κ3) is 1.74. The van der Waals surface area contributed by atoms with E-state index in [1.165, 1.54) is 16.7 Å². The zero-order valence-electron chi connectivity index (χ0n) is 6.66. The fourth-order valence-corrected chi connectivity index (χ4v) is 1.69. The summed E-state index contributed by atoms with van der Waals surface area (Å²) in [6.45, 7) is 4.19. The number of carbonyl (C=O) groups is 2. The lowest BCUT2D eigenvalue weighted by Gasteiger charge is -2.14. The molecule has 0 radical (unpaired) electrons. The smallest absolute Gasteiger partial charge is 0.274 e. The van der Waals surface area contributed by atoms with Gasteiger partial charge in [-0.1, -0.05) is 25.6 Å². The average Bonchev–Trinajstić information content (AvgIpc) is 2.33. The van der Waals surface area contributed by atoms with E-state index in [0.717, 1.165) is 5.75 Å². The predicted molar refractivity (Wildman–Crippen MR) is 44.4 cm³/mol. The van der Waals surface area contributed by atoms with Gasteiger partial charge in [-0.2, -0.15) is 0 Å². The van der Waals surface area contributed by atoms with Crippen molar-refractivity contribution in [3.05, 3.63) is 0 Å². The van der Waals surface area contributed by atoms with Crippen LogP contribution in [0.25, 0.3) is 0 Å². The van der Waals surface area contributed by atoms with Crippen LogP contribution in [-0.4, -0.2) is 28.3 Å². The molecule has 0 N–H and O–H groups in total. The first-order valence-electron chi connectivity index (χ1n) is 3.61. The maximum absolute atomic E-state index is 11.2. The second kappa shape index (κ2) is 3.26. The quantitative estimate of drug-likeness (QED) is 0.600. The van der Waals surface area contributed by atoms with Crippen LogP contribution < -0.4 is 0 Å². The minimum atomic E-state index is -0.0938. The lowest BCUT2D eigenvalue weighted by Crippen LogP contribution is -2.33. The molecule has 1 fully saturated rings. The van der Waals surface area contributed by atoms with Gasteiger partial charge in [0.1, 0.15) is 0 Å². The number of carbonyl (C=O) groups excluding carboxylic acids is 2. The molecule has 0 aromatic heterocycles. The SMILES string of the molecule is CC(C)C(=O)N1CCSC1=O. The molecule has 0 aromatic carbocycles. The van der Waals surface area contributed by atoms with Gasteiger partial charge in [0.15, 0.2) is 0 Å². The molecule has 0 atom stereocenters. The second-order valence-electron chi connectivity index (χ2n) is 2.76. The van der Waals surface area contributed by atoms with Gasteiger partial charge in [-0.15, -0.1) is 0 Å². The van der Waals surface area contributed by atoms with Gasteiger partial charge in [0.05, 0.1) is 0 Å². The van der Waals surface area contributed by atoms with E-state index in [1.54, 1.807) is 13.8 Å². The molecule has 3 nitrogen and oxygen atoms in total. The largest absolute Gasteiger partial charge is 0.288 e. The monoisotopic (exact) mass is 173 g/mol. The maximum atomic E-state index is 11.2. The van der Waals surface area contributed by atoms with E-state index in [4.69, 9.17) is 0 Å². The summed E-state index contributed by atoms with van der Waals surface area (Å²) >= 11 is 1.22. The molecule has 0 bridgehead atoms. The summed E-state index contributed by atoms with van der Waals surface area (Å²) in [6, 6.07) is 0. The first kappa shape index (κ1) is 8.59. The Morgan fingerprint density at radius 1 is 1.64 bits per heavy atom. The van der Waals surface area contributed by atoms with Crippen LogP contribution in [-0.2, 0) is 4.79 Å². The lowest BCUT2D eigenvalue weighted by atomic mass is 10.2. The summed E-state index contributed by atoms with van der Waals surface area (Å²) in [4.78, 5) is 23.6. The van der Waals surface area contributed by atoms with Crippen LogP contribution in [0.2, 0.25) is 0 Å². The van der Waals surface area contributed by atoms with Gasteiger partial charge in [0, 0.05) is 18.2 Å². The highest BCUT2D eigenvalue weighted by molar-refractivity contribution is 8.13. The molecule has 0 aliphatic carbocycles. The second-order valence-corrected chi connectivity index (χ2v) is 3.81. The van der Waals surface area contributed by atoms with Crippen molar-refractivity contribution < 1.29 is 9.59 Å². The number of nitrogens with zero attached hydrogens (tertiary/aromatic N) is 1. The van der Waals surface area contributed by atoms with Crippen molar-refractivity contribution in [3.8, 4) is 0 Å². The van der Waals surface area contributed by atoms with Gasteiger partial charge < -0.3 is 0 Å². The summed E-state index contributed by atoms with van der Waals surface area (Å²) in [5, 5.41) is -0.0938. The zero-order valence-corrected chi connectivity index (χ0v) is 7.48. The van der Waals surface area contributed by atoms with E-state index in [2.05, 4.69) is 0 Å². The first-order chi connectivity index (χ1) is 5.13. The standard InChI is InChI=1S/C7H11NO2S/c1-5(2)6(9)8-3-4-11-7(8)10/h5H,3-4H2,1-2H3. The van der Waals surface area contributed by atoms with Crippen molar-refractivity contribution in [2.45, 2.75) is 13.8 Å². The van der Waals surface area contributed by atoms with Crippen LogP contribution in [0, 0.1) is 5.92 Å². The van der Waals surface area contributed by atoms with Crippen molar-refractivity contribution in [2.75, 3.05) is 12.3 Å². The Morgan fingerprint density at radius 2 is 2.27 bits per heavy atom. The number of amides is 2. The molecule has 1 aliphatic heterocycles. The summed E-state index contributed by atoms with van der Waals surface area (Å²) in [6.07, 6.45) is 0. The van der Waals surface area contributed by atoms with Gasteiger partial charge in [0.2, 0.25) is 5.91 Å². The highest BCUT2D eigenvalue weighted by Crippen LogP contribution is 2.19. The Kier molecular flexibility index (Phi) is 2.54. The number of thioether (sulfide) groups is 1. The summed E-state index contributed by atoms with van der Waals surface area (Å²) < 4.78 is 0. The van der Waals surface area contributed by atoms with Crippen molar-refractivity contribution in [1.29, 1.82) is 0 Å². The first-order valence-corrected chi connectivity index (χ1v) is 4.59. The van der Waals surface area contributed by atoms with Gasteiger partial charge in [-0.3, -0.25) is 14.5 Å². The molecular formula is C7H11NO2S. The minimum Gasteiger partial charge on any atom is -0.274 e. The van der Waals surface area contributed by atoms with E-state index in [9.17, 15) is 9.59 Å². The number of rotatable bonds is 1. The molecule has 0 unspecified atom stereocenters. The Balaban J connectivity index is 2.60. The fraction of sp³-hybridized carbons (Fsp3) is 0.714. The molecule has 1 heterocycles. The van der Waals surface area contributed by atoms with Crippen molar-refractivity contribution >= 4 is 22.9 Å². The molecule has 0 saturated carbocycles. The Bertz CT molecular complexity index is 191. The van der Waals surface area contributed by atoms with Crippen LogP contribution in [0.5, 0.6) is 0 Å². The third-order valence-electron chi connectivity index (χ3n) is 1.52. The van der Waals surface area contributed by atoms with Crippen LogP contribution >= 0.6 is 11.8 Å².